The Morgan fingerprint density at radius 2 is 2.16 bits per heavy atom. The first-order valence-electron chi connectivity index (χ1n) is 6.20. The number of nitriles is 1. The quantitative estimate of drug-likeness (QED) is 0.899. The molecule has 0 aliphatic carbocycles. The van der Waals surface area contributed by atoms with Gasteiger partial charge in [0.25, 0.3) is 5.91 Å². The van der Waals surface area contributed by atoms with Gasteiger partial charge in [0, 0.05) is 5.56 Å². The maximum Gasteiger partial charge on any atom is 0.252 e. The van der Waals surface area contributed by atoms with Crippen LogP contribution in [0.25, 0.3) is 0 Å². The number of hydrogen-bond donors (Lipinski definition) is 1. The van der Waals surface area contributed by atoms with Gasteiger partial charge >= 0.3 is 0 Å². The van der Waals surface area contributed by atoms with Crippen LogP contribution in [-0.2, 0) is 0 Å². The van der Waals surface area contributed by atoms with Crippen LogP contribution in [0.1, 0.15) is 30.6 Å². The summed E-state index contributed by atoms with van der Waals surface area (Å²) < 4.78 is 10.4. The number of amides is 1. The zero-order valence-electron chi connectivity index (χ0n) is 11.0. The van der Waals surface area contributed by atoms with Crippen molar-refractivity contribution < 1.29 is 14.3 Å². The minimum Gasteiger partial charge on any atom is -0.454 e. The zero-order chi connectivity index (χ0) is 13.8. The van der Waals surface area contributed by atoms with Crippen LogP contribution >= 0.6 is 0 Å². The van der Waals surface area contributed by atoms with Gasteiger partial charge in [-0.15, -0.1) is 0 Å². The first-order valence-corrected chi connectivity index (χ1v) is 6.20. The van der Waals surface area contributed by atoms with Gasteiger partial charge in [-0.2, -0.15) is 5.26 Å². The van der Waals surface area contributed by atoms with E-state index < -0.39 is 6.04 Å². The molecule has 19 heavy (non-hydrogen) atoms. The number of benzene rings is 1. The lowest BCUT2D eigenvalue weighted by Crippen LogP contribution is -2.34. The van der Waals surface area contributed by atoms with Crippen LogP contribution in [0.4, 0.5) is 0 Å². The van der Waals surface area contributed by atoms with Gasteiger partial charge in [-0.25, -0.2) is 0 Å². The van der Waals surface area contributed by atoms with E-state index in [1.165, 1.54) is 0 Å². The zero-order valence-corrected chi connectivity index (χ0v) is 11.0. The summed E-state index contributed by atoms with van der Waals surface area (Å²) in [7, 11) is 0. The normalized spacial score (nSPS) is 14.0. The number of ether oxygens (including phenoxy) is 2. The molecule has 1 aromatic carbocycles. The van der Waals surface area contributed by atoms with Crippen molar-refractivity contribution in [2.24, 2.45) is 5.92 Å². The molecule has 5 heteroatoms. The highest BCUT2D eigenvalue weighted by Gasteiger charge is 2.18. The fourth-order valence-corrected chi connectivity index (χ4v) is 1.89. The predicted octanol–water partition coefficient (Wildman–Crippen LogP) is 2.08. The lowest BCUT2D eigenvalue weighted by molar-refractivity contribution is 0.0941. The fraction of sp³-hybridized carbons (Fsp3) is 0.429. The largest absolute Gasteiger partial charge is 0.454 e. The molecule has 0 saturated carbocycles. The lowest BCUT2D eigenvalue weighted by Gasteiger charge is -2.13. The van der Waals surface area contributed by atoms with Crippen molar-refractivity contribution >= 4 is 5.91 Å². The van der Waals surface area contributed by atoms with Crippen LogP contribution in [0, 0.1) is 17.2 Å². The van der Waals surface area contributed by atoms with Crippen molar-refractivity contribution in [2.75, 3.05) is 6.79 Å². The third-order valence-corrected chi connectivity index (χ3v) is 2.80. The summed E-state index contributed by atoms with van der Waals surface area (Å²) in [6.07, 6.45) is 0.632. The molecule has 1 aliphatic rings. The number of rotatable bonds is 4. The Balaban J connectivity index is 2.05. The molecular weight excluding hydrogens is 244 g/mol. The second-order valence-corrected chi connectivity index (χ2v) is 4.85. The summed E-state index contributed by atoms with van der Waals surface area (Å²) in [4.78, 5) is 12.0. The van der Waals surface area contributed by atoms with E-state index in [1.54, 1.807) is 18.2 Å². The molecule has 0 bridgehead atoms. The number of nitrogens with zero attached hydrogens (tertiary/aromatic N) is 1. The second kappa shape index (κ2) is 5.61. The maximum absolute atomic E-state index is 12.0. The molecule has 1 atom stereocenters. The smallest absolute Gasteiger partial charge is 0.252 e. The summed E-state index contributed by atoms with van der Waals surface area (Å²) in [5.74, 6) is 1.27. The number of hydrogen-bond acceptors (Lipinski definition) is 4. The van der Waals surface area contributed by atoms with Crippen LogP contribution in [-0.4, -0.2) is 18.7 Å². The van der Waals surface area contributed by atoms with E-state index in [4.69, 9.17) is 14.7 Å². The number of carbonyl (C=O) groups excluding carboxylic acids is 1. The molecule has 0 saturated heterocycles. The van der Waals surface area contributed by atoms with E-state index in [9.17, 15) is 4.79 Å². The molecule has 1 heterocycles. The standard InChI is InChI=1S/C14H16N2O3/c1-9(2)5-11(7-15)16-14(17)10-3-4-12-13(6-10)19-8-18-12/h3-4,6,9,11H,5,8H2,1-2H3,(H,16,17). The minimum absolute atomic E-state index is 0.175. The van der Waals surface area contributed by atoms with Gasteiger partial charge in [0.05, 0.1) is 6.07 Å². The first kappa shape index (κ1) is 13.2. The summed E-state index contributed by atoms with van der Waals surface area (Å²) >= 11 is 0. The molecule has 0 aromatic heterocycles. The van der Waals surface area contributed by atoms with Crippen molar-refractivity contribution in [3.63, 3.8) is 0 Å². The van der Waals surface area contributed by atoms with Crippen molar-refractivity contribution in [1.82, 2.24) is 5.32 Å². The molecule has 1 N–H and O–H groups in total. The third-order valence-electron chi connectivity index (χ3n) is 2.80. The van der Waals surface area contributed by atoms with Crippen molar-refractivity contribution in [2.45, 2.75) is 26.3 Å². The van der Waals surface area contributed by atoms with E-state index in [-0.39, 0.29) is 12.7 Å². The molecule has 0 radical (unpaired) electrons. The van der Waals surface area contributed by atoms with E-state index in [0.717, 1.165) is 0 Å². The highest BCUT2D eigenvalue weighted by atomic mass is 16.7. The Morgan fingerprint density at radius 1 is 1.42 bits per heavy atom. The summed E-state index contributed by atoms with van der Waals surface area (Å²) in [6.45, 7) is 4.20. The molecule has 1 unspecified atom stereocenters. The molecule has 1 amide bonds. The van der Waals surface area contributed by atoms with E-state index >= 15 is 0 Å². The molecule has 1 aromatic rings. The Hall–Kier alpha value is -2.22. The topological polar surface area (TPSA) is 71.4 Å². The van der Waals surface area contributed by atoms with Gasteiger partial charge in [0.2, 0.25) is 6.79 Å². The molecular formula is C14H16N2O3. The van der Waals surface area contributed by atoms with E-state index in [0.29, 0.717) is 29.4 Å². The van der Waals surface area contributed by atoms with Crippen molar-refractivity contribution in [3.05, 3.63) is 23.8 Å². The molecule has 0 fully saturated rings. The summed E-state index contributed by atoms with van der Waals surface area (Å²) in [6, 6.07) is 6.61. The Kier molecular flexibility index (Phi) is 3.91. The Bertz CT molecular complexity index is 520. The van der Waals surface area contributed by atoms with Gasteiger partial charge in [-0.05, 0) is 30.5 Å². The Labute approximate surface area is 112 Å². The summed E-state index contributed by atoms with van der Waals surface area (Å²) in [5.41, 5.74) is 0.466. The van der Waals surface area contributed by atoms with Crippen LogP contribution in [0.15, 0.2) is 18.2 Å². The first-order chi connectivity index (χ1) is 9.10. The van der Waals surface area contributed by atoms with Crippen LogP contribution in [0.5, 0.6) is 11.5 Å². The molecule has 5 nitrogen and oxygen atoms in total. The minimum atomic E-state index is -0.474. The van der Waals surface area contributed by atoms with Gasteiger partial charge in [-0.3, -0.25) is 4.79 Å². The predicted molar refractivity (Wildman–Crippen MR) is 68.9 cm³/mol. The fourth-order valence-electron chi connectivity index (χ4n) is 1.89. The van der Waals surface area contributed by atoms with Crippen LogP contribution < -0.4 is 14.8 Å². The maximum atomic E-state index is 12.0. The van der Waals surface area contributed by atoms with Crippen LogP contribution in [0.3, 0.4) is 0 Å². The number of nitrogens with one attached hydrogen (secondary N) is 1. The average molecular weight is 260 g/mol. The average Bonchev–Trinajstić information content (AvgIpc) is 2.84. The van der Waals surface area contributed by atoms with Crippen LogP contribution in [0.2, 0.25) is 0 Å². The highest BCUT2D eigenvalue weighted by Crippen LogP contribution is 2.32. The molecule has 1 aliphatic heterocycles. The molecule has 2 rings (SSSR count). The van der Waals surface area contributed by atoms with Crippen molar-refractivity contribution in [3.8, 4) is 17.6 Å². The monoisotopic (exact) mass is 260 g/mol. The number of carbonyl (C=O) groups is 1. The lowest BCUT2D eigenvalue weighted by atomic mass is 10.0. The Morgan fingerprint density at radius 3 is 2.84 bits per heavy atom. The number of fused-ring (bicyclic) bond motifs is 1. The summed E-state index contributed by atoms with van der Waals surface area (Å²) in [5, 5.41) is 11.7. The third kappa shape index (κ3) is 3.16. The van der Waals surface area contributed by atoms with E-state index in [1.807, 2.05) is 13.8 Å². The highest BCUT2D eigenvalue weighted by molar-refractivity contribution is 5.95. The van der Waals surface area contributed by atoms with Gasteiger partial charge in [-0.1, -0.05) is 13.8 Å². The second-order valence-electron chi connectivity index (χ2n) is 4.85. The van der Waals surface area contributed by atoms with Gasteiger partial charge in [0.1, 0.15) is 6.04 Å². The van der Waals surface area contributed by atoms with E-state index in [2.05, 4.69) is 11.4 Å². The SMILES string of the molecule is CC(C)CC(C#N)NC(=O)c1ccc2c(c1)OCO2. The molecule has 0 spiro atoms. The van der Waals surface area contributed by atoms with Crippen molar-refractivity contribution in [1.29, 1.82) is 5.26 Å². The molecule has 100 valence electrons. The van der Waals surface area contributed by atoms with Gasteiger partial charge in [0.15, 0.2) is 11.5 Å². The van der Waals surface area contributed by atoms with Gasteiger partial charge < -0.3 is 14.8 Å².